The molecule has 0 aliphatic carbocycles. The Morgan fingerprint density at radius 2 is 0.795 bits per heavy atom. The molecule has 0 aromatic rings. The predicted molar refractivity (Wildman–Crippen MR) is 359 cm³/mol. The number of unbranched alkanes of at least 4 members (excludes halogenated alkanes) is 27. The Labute approximate surface area is 534 Å². The van der Waals surface area contributed by atoms with Gasteiger partial charge in [0.05, 0.1) is 32.0 Å². The fraction of sp³-hybridized carbons (Fsp3) is 0.743. The monoisotopic (exact) mass is 1240 g/mol. The molecule has 12 atom stereocenters. The summed E-state index contributed by atoms with van der Waals surface area (Å²) in [6.07, 6.45) is 65.8. The van der Waals surface area contributed by atoms with E-state index < -0.39 is 86.8 Å². The zero-order valence-electron chi connectivity index (χ0n) is 54.9. The molecular formula is C74H127NO13. The van der Waals surface area contributed by atoms with Gasteiger partial charge in [-0.15, -0.1) is 0 Å². The third-order valence-electron chi connectivity index (χ3n) is 16.4. The highest BCUT2D eigenvalue weighted by molar-refractivity contribution is 5.76. The molecule has 0 bridgehead atoms. The number of hydrogen-bond acceptors (Lipinski definition) is 13. The smallest absolute Gasteiger partial charge is 0.220 e. The quantitative estimate of drug-likeness (QED) is 0.0204. The van der Waals surface area contributed by atoms with Gasteiger partial charge in [0.15, 0.2) is 12.6 Å². The second-order valence-corrected chi connectivity index (χ2v) is 24.3. The van der Waals surface area contributed by atoms with Crippen LogP contribution in [0.5, 0.6) is 0 Å². The zero-order chi connectivity index (χ0) is 63.8. The van der Waals surface area contributed by atoms with Gasteiger partial charge in [0, 0.05) is 6.42 Å². The first-order valence-corrected chi connectivity index (χ1v) is 35.1. The lowest BCUT2D eigenvalue weighted by Crippen LogP contribution is -2.65. The molecule has 2 heterocycles. The molecular weight excluding hydrogens is 1110 g/mol. The molecule has 0 aromatic carbocycles. The molecule has 9 N–H and O–H groups in total. The van der Waals surface area contributed by atoms with Gasteiger partial charge in [-0.25, -0.2) is 0 Å². The maximum Gasteiger partial charge on any atom is 0.220 e. The number of ether oxygens (including phenoxy) is 4. The van der Waals surface area contributed by atoms with Crippen molar-refractivity contribution in [3.05, 3.63) is 109 Å². The second kappa shape index (κ2) is 57.5. The largest absolute Gasteiger partial charge is 0.394 e. The molecule has 2 rings (SSSR count). The van der Waals surface area contributed by atoms with Crippen molar-refractivity contribution in [3.63, 3.8) is 0 Å². The van der Waals surface area contributed by atoms with Gasteiger partial charge in [0.2, 0.25) is 5.91 Å². The van der Waals surface area contributed by atoms with E-state index in [1.54, 1.807) is 6.08 Å². The van der Waals surface area contributed by atoms with Gasteiger partial charge in [0.25, 0.3) is 0 Å². The van der Waals surface area contributed by atoms with Crippen LogP contribution in [-0.4, -0.2) is 140 Å². The zero-order valence-corrected chi connectivity index (χ0v) is 54.9. The van der Waals surface area contributed by atoms with E-state index in [-0.39, 0.29) is 18.9 Å². The molecule has 0 aromatic heterocycles. The number of amides is 1. The minimum absolute atomic E-state index is 0.254. The summed E-state index contributed by atoms with van der Waals surface area (Å²) < 4.78 is 22.8. The lowest BCUT2D eigenvalue weighted by atomic mass is 9.97. The standard InChI is InChI=1S/C74H127NO13/c1-3-5-7-9-11-13-15-17-19-21-22-23-24-25-26-27-28-29-30-31-32-33-34-35-36-37-38-39-40-42-44-46-48-50-52-54-56-58-66(79)75-62(63(78)57-55-53-51-49-47-45-43-41-20-18-16-14-12-10-8-6-4-2)61-85-73-71(84)69(82)72(65(60-77)87-73)88-74-70(83)68(81)67(80)64(59-76)86-74/h5,7,11,13,17,19-20,22-23,25-26,28-29,41,47,49,55,57,62-65,67-74,76-78,80-84H,3-4,6,8-10,12,14-16,18,21,24,27,30-40,42-46,48,50-54,56,58-61H2,1-2H3,(H,75,79)/b7-5-,13-11-,19-17-,23-22-,26-25-,29-28-,41-20+,49-47+,57-55+. The summed E-state index contributed by atoms with van der Waals surface area (Å²) in [5.74, 6) is -0.254. The number of carbonyl (C=O) groups excluding carboxylic acids is 1. The number of rotatable bonds is 56. The second-order valence-electron chi connectivity index (χ2n) is 24.3. The van der Waals surface area contributed by atoms with E-state index in [1.165, 1.54) is 141 Å². The van der Waals surface area contributed by atoms with E-state index in [2.05, 4.69) is 116 Å². The molecule has 14 nitrogen and oxygen atoms in total. The van der Waals surface area contributed by atoms with Gasteiger partial charge in [-0.1, -0.05) is 264 Å². The molecule has 2 aliphatic heterocycles. The summed E-state index contributed by atoms with van der Waals surface area (Å²) in [7, 11) is 0. The first-order valence-electron chi connectivity index (χ1n) is 35.1. The van der Waals surface area contributed by atoms with Crippen LogP contribution < -0.4 is 5.32 Å². The molecule has 0 radical (unpaired) electrons. The highest BCUT2D eigenvalue weighted by Gasteiger charge is 2.51. The van der Waals surface area contributed by atoms with Crippen molar-refractivity contribution in [1.82, 2.24) is 5.32 Å². The molecule has 2 fully saturated rings. The molecule has 88 heavy (non-hydrogen) atoms. The first-order chi connectivity index (χ1) is 43.1. The summed E-state index contributed by atoms with van der Waals surface area (Å²) in [6.45, 7) is 2.66. The van der Waals surface area contributed by atoms with Crippen molar-refractivity contribution in [1.29, 1.82) is 0 Å². The summed E-state index contributed by atoms with van der Waals surface area (Å²) in [4.78, 5) is 13.3. The van der Waals surface area contributed by atoms with Gasteiger partial charge in [-0.05, 0) is 96.3 Å². The van der Waals surface area contributed by atoms with E-state index in [1.807, 2.05) is 6.08 Å². The molecule has 2 saturated heterocycles. The predicted octanol–water partition coefficient (Wildman–Crippen LogP) is 14.3. The highest BCUT2D eigenvalue weighted by atomic mass is 16.7. The van der Waals surface area contributed by atoms with Crippen LogP contribution in [0.4, 0.5) is 0 Å². The number of carbonyl (C=O) groups is 1. The van der Waals surface area contributed by atoms with Crippen LogP contribution in [0, 0.1) is 0 Å². The van der Waals surface area contributed by atoms with E-state index in [0.29, 0.717) is 12.8 Å². The number of aliphatic hydroxyl groups excluding tert-OH is 8. The van der Waals surface area contributed by atoms with Crippen LogP contribution in [0.1, 0.15) is 258 Å². The van der Waals surface area contributed by atoms with E-state index in [9.17, 15) is 45.6 Å². The SMILES string of the molecule is CC/C=C\C/C=C\C/C=C\C/C=C\C/C=C\C/C=C\CCCCCCCCCCCCCCCCCCCCC(=O)NC(COC1OC(CO)C(OC2OC(CO)C(O)C(O)C2O)C(O)C1O)C(O)/C=C/CC/C=C/CC/C=C/CCCCCCCCC. The van der Waals surface area contributed by atoms with Crippen LogP contribution in [0.25, 0.3) is 0 Å². The number of nitrogens with one attached hydrogen (secondary N) is 1. The van der Waals surface area contributed by atoms with Crippen LogP contribution in [0.3, 0.4) is 0 Å². The molecule has 12 unspecified atom stereocenters. The number of allylic oxidation sites excluding steroid dienone is 17. The maximum atomic E-state index is 13.3. The third kappa shape index (κ3) is 41.2. The van der Waals surface area contributed by atoms with Gasteiger partial charge >= 0.3 is 0 Å². The van der Waals surface area contributed by atoms with Crippen molar-refractivity contribution in [2.75, 3.05) is 19.8 Å². The van der Waals surface area contributed by atoms with Crippen molar-refractivity contribution in [2.45, 2.75) is 331 Å². The maximum absolute atomic E-state index is 13.3. The normalized spacial score (nSPS) is 23.8. The summed E-state index contributed by atoms with van der Waals surface area (Å²) in [5, 5.41) is 87.3. The van der Waals surface area contributed by atoms with Gasteiger partial charge in [-0.3, -0.25) is 4.79 Å². The molecule has 2 aliphatic rings. The lowest BCUT2D eigenvalue weighted by molar-refractivity contribution is -0.359. The Morgan fingerprint density at radius 1 is 0.420 bits per heavy atom. The van der Waals surface area contributed by atoms with E-state index >= 15 is 0 Å². The Balaban J connectivity index is 1.63. The third-order valence-corrected chi connectivity index (χ3v) is 16.4. The average Bonchev–Trinajstić information content (AvgIpc) is 2.07. The van der Waals surface area contributed by atoms with Crippen molar-refractivity contribution in [2.24, 2.45) is 0 Å². The Hall–Kier alpha value is -3.35. The van der Waals surface area contributed by atoms with Gasteiger partial charge < -0.3 is 65.1 Å². The van der Waals surface area contributed by atoms with Crippen molar-refractivity contribution >= 4 is 5.91 Å². The van der Waals surface area contributed by atoms with Crippen LogP contribution in [-0.2, 0) is 23.7 Å². The van der Waals surface area contributed by atoms with Gasteiger partial charge in [-0.2, -0.15) is 0 Å². The van der Waals surface area contributed by atoms with Crippen LogP contribution >= 0.6 is 0 Å². The van der Waals surface area contributed by atoms with Crippen molar-refractivity contribution < 1.29 is 64.6 Å². The summed E-state index contributed by atoms with van der Waals surface area (Å²) in [6, 6.07) is -0.943. The topological polar surface area (TPSA) is 228 Å². The fourth-order valence-corrected chi connectivity index (χ4v) is 10.9. The number of hydrogen-bond donors (Lipinski definition) is 9. The highest BCUT2D eigenvalue weighted by Crippen LogP contribution is 2.30. The average molecular weight is 1240 g/mol. The van der Waals surface area contributed by atoms with Crippen molar-refractivity contribution in [3.8, 4) is 0 Å². The molecule has 1 amide bonds. The Morgan fingerprint density at radius 3 is 1.25 bits per heavy atom. The Bertz CT molecular complexity index is 1890. The van der Waals surface area contributed by atoms with Gasteiger partial charge in [0.1, 0.15) is 48.8 Å². The molecule has 506 valence electrons. The Kier molecular flexibility index (Phi) is 52.8. The number of aliphatic hydroxyl groups is 8. The molecule has 14 heteroatoms. The summed E-state index contributed by atoms with van der Waals surface area (Å²) >= 11 is 0. The minimum Gasteiger partial charge on any atom is -0.394 e. The van der Waals surface area contributed by atoms with E-state index in [4.69, 9.17) is 18.9 Å². The fourth-order valence-electron chi connectivity index (χ4n) is 10.9. The first kappa shape index (κ1) is 80.7. The minimum atomic E-state index is -1.80. The lowest BCUT2D eigenvalue weighted by Gasteiger charge is -2.46. The van der Waals surface area contributed by atoms with Crippen LogP contribution in [0.15, 0.2) is 109 Å². The molecule has 0 spiro atoms. The van der Waals surface area contributed by atoms with E-state index in [0.717, 1.165) is 83.5 Å². The summed E-state index contributed by atoms with van der Waals surface area (Å²) in [5.41, 5.74) is 0. The van der Waals surface area contributed by atoms with Crippen LogP contribution in [0.2, 0.25) is 0 Å². The molecule has 0 saturated carbocycles.